The van der Waals surface area contributed by atoms with Gasteiger partial charge in [-0.25, -0.2) is 0 Å². The molecule has 2 aliphatic heterocycles. The molecule has 2 fully saturated rings. The molecule has 2 heterocycles. The summed E-state index contributed by atoms with van der Waals surface area (Å²) in [6.07, 6.45) is -6.99. The molecule has 11 heteroatoms. The molecule has 2 aliphatic rings. The van der Waals surface area contributed by atoms with Crippen LogP contribution in [-0.2, 0) is 28.4 Å². The van der Waals surface area contributed by atoms with Gasteiger partial charge in [0, 0.05) is 21.3 Å². The van der Waals surface area contributed by atoms with E-state index in [0.29, 0.717) is 0 Å². The molecular weight excluding hydrogens is 352 g/mol. The molecular formula is C15H30N2O9. The van der Waals surface area contributed by atoms with Crippen molar-refractivity contribution in [3.63, 3.8) is 0 Å². The summed E-state index contributed by atoms with van der Waals surface area (Å²) in [6, 6.07) is -1.65. The fourth-order valence-corrected chi connectivity index (χ4v) is 3.40. The maximum Gasteiger partial charge on any atom is 0.176 e. The predicted octanol–water partition coefficient (Wildman–Crippen LogP) is -3.50. The minimum Gasteiger partial charge on any atom is -0.394 e. The van der Waals surface area contributed by atoms with Crippen LogP contribution in [0.4, 0.5) is 0 Å². The maximum atomic E-state index is 10.3. The average molecular weight is 382 g/mol. The number of methoxy groups -OCH3 is 3. The lowest BCUT2D eigenvalue weighted by molar-refractivity contribution is -0.329. The fraction of sp³-hybridized carbons (Fsp3) is 1.00. The van der Waals surface area contributed by atoms with Gasteiger partial charge in [-0.05, 0) is 0 Å². The van der Waals surface area contributed by atoms with Crippen LogP contribution in [0.2, 0.25) is 0 Å². The quantitative estimate of drug-likeness (QED) is 0.296. The number of hydrogen-bond acceptors (Lipinski definition) is 11. The first-order valence-corrected chi connectivity index (χ1v) is 8.39. The van der Waals surface area contributed by atoms with E-state index in [1.165, 1.54) is 21.3 Å². The summed E-state index contributed by atoms with van der Waals surface area (Å²) in [5.41, 5.74) is 12.1. The first kappa shape index (κ1) is 21.9. The molecule has 0 spiro atoms. The van der Waals surface area contributed by atoms with Gasteiger partial charge < -0.3 is 55.2 Å². The topological polar surface area (TPSA) is 168 Å². The number of nitrogens with two attached hydrogens (primary N) is 2. The fourth-order valence-electron chi connectivity index (χ4n) is 3.40. The molecule has 0 aliphatic carbocycles. The Labute approximate surface area is 152 Å². The second-order valence-electron chi connectivity index (χ2n) is 6.33. The van der Waals surface area contributed by atoms with E-state index in [2.05, 4.69) is 0 Å². The van der Waals surface area contributed by atoms with E-state index in [1.807, 2.05) is 0 Å². The molecule has 154 valence electrons. The highest BCUT2D eigenvalue weighted by Gasteiger charge is 2.50. The number of ether oxygens (including phenoxy) is 6. The smallest absolute Gasteiger partial charge is 0.176 e. The Kier molecular flexibility index (Phi) is 8.12. The lowest BCUT2D eigenvalue weighted by Gasteiger charge is -2.47. The van der Waals surface area contributed by atoms with E-state index >= 15 is 0 Å². The van der Waals surface area contributed by atoms with Gasteiger partial charge in [0.1, 0.15) is 36.6 Å². The highest BCUT2D eigenvalue weighted by Crippen LogP contribution is 2.29. The Morgan fingerprint density at radius 2 is 1.31 bits per heavy atom. The van der Waals surface area contributed by atoms with Gasteiger partial charge in [-0.2, -0.15) is 0 Å². The predicted molar refractivity (Wildman–Crippen MR) is 86.9 cm³/mol. The van der Waals surface area contributed by atoms with Crippen molar-refractivity contribution in [2.45, 2.75) is 61.3 Å². The summed E-state index contributed by atoms with van der Waals surface area (Å²) in [5.74, 6) is 0. The molecule has 26 heavy (non-hydrogen) atoms. The Balaban J connectivity index is 2.18. The molecule has 0 saturated carbocycles. The highest BCUT2D eigenvalue weighted by molar-refractivity contribution is 4.97. The molecule has 0 aromatic heterocycles. The van der Waals surface area contributed by atoms with Crippen LogP contribution in [0.5, 0.6) is 0 Å². The molecule has 2 saturated heterocycles. The van der Waals surface area contributed by atoms with Gasteiger partial charge in [0.15, 0.2) is 12.6 Å². The van der Waals surface area contributed by atoms with Gasteiger partial charge in [-0.3, -0.25) is 0 Å². The standard InChI is InChI=1S/C15H30N2O9/c1-21-11-6(4-18)25-15(8(16)10(11)20)26-12-7(5-19)24-14(23-3)9(17)13(12)22-2/h6-15,18-20H,4-5,16-17H2,1-3H3. The Morgan fingerprint density at radius 1 is 0.769 bits per heavy atom. The second kappa shape index (κ2) is 9.66. The minimum atomic E-state index is -1.13. The van der Waals surface area contributed by atoms with E-state index in [-0.39, 0.29) is 6.61 Å². The summed E-state index contributed by atoms with van der Waals surface area (Å²) in [4.78, 5) is 0. The van der Waals surface area contributed by atoms with Gasteiger partial charge in [0.2, 0.25) is 0 Å². The van der Waals surface area contributed by atoms with Gasteiger partial charge >= 0.3 is 0 Å². The van der Waals surface area contributed by atoms with Crippen molar-refractivity contribution in [3.8, 4) is 0 Å². The molecule has 0 bridgehead atoms. The SMILES string of the molecule is COC1OC(CO)C(OC2OC(CO)C(OC)C(O)C2N)C(OC)C1N. The number of rotatable bonds is 7. The van der Waals surface area contributed by atoms with Crippen molar-refractivity contribution in [2.75, 3.05) is 34.5 Å². The molecule has 0 aromatic carbocycles. The largest absolute Gasteiger partial charge is 0.394 e. The average Bonchev–Trinajstić information content (AvgIpc) is 2.65. The Hall–Kier alpha value is -0.440. The van der Waals surface area contributed by atoms with Crippen molar-refractivity contribution in [2.24, 2.45) is 11.5 Å². The Morgan fingerprint density at radius 3 is 1.81 bits per heavy atom. The molecule has 11 nitrogen and oxygen atoms in total. The first-order valence-electron chi connectivity index (χ1n) is 8.39. The second-order valence-corrected chi connectivity index (χ2v) is 6.33. The van der Waals surface area contributed by atoms with Crippen molar-refractivity contribution in [1.82, 2.24) is 0 Å². The van der Waals surface area contributed by atoms with E-state index in [1.54, 1.807) is 0 Å². The third kappa shape index (κ3) is 4.18. The third-order valence-electron chi connectivity index (χ3n) is 4.84. The van der Waals surface area contributed by atoms with Crippen LogP contribution in [0, 0.1) is 0 Å². The summed E-state index contributed by atoms with van der Waals surface area (Å²) >= 11 is 0. The summed E-state index contributed by atoms with van der Waals surface area (Å²) in [5, 5.41) is 29.5. The van der Waals surface area contributed by atoms with Crippen molar-refractivity contribution in [1.29, 1.82) is 0 Å². The summed E-state index contributed by atoms with van der Waals surface area (Å²) < 4.78 is 32.9. The third-order valence-corrected chi connectivity index (χ3v) is 4.84. The molecule has 10 unspecified atom stereocenters. The minimum absolute atomic E-state index is 0.383. The highest BCUT2D eigenvalue weighted by atomic mass is 16.7. The van der Waals surface area contributed by atoms with Crippen LogP contribution in [0.3, 0.4) is 0 Å². The monoisotopic (exact) mass is 382 g/mol. The van der Waals surface area contributed by atoms with Crippen LogP contribution in [-0.4, -0.2) is 111 Å². The first-order chi connectivity index (χ1) is 12.4. The molecule has 10 atom stereocenters. The van der Waals surface area contributed by atoms with E-state index in [0.717, 1.165) is 0 Å². The summed E-state index contributed by atoms with van der Waals surface area (Å²) in [7, 11) is 4.26. The zero-order valence-corrected chi connectivity index (χ0v) is 15.1. The van der Waals surface area contributed by atoms with Crippen LogP contribution in [0.1, 0.15) is 0 Å². The maximum absolute atomic E-state index is 10.3. The van der Waals surface area contributed by atoms with Crippen LogP contribution in [0.25, 0.3) is 0 Å². The van der Waals surface area contributed by atoms with Gasteiger partial charge in [0.25, 0.3) is 0 Å². The lowest BCUT2D eigenvalue weighted by atomic mass is 9.95. The van der Waals surface area contributed by atoms with Crippen molar-refractivity contribution >= 4 is 0 Å². The van der Waals surface area contributed by atoms with Gasteiger partial charge in [-0.15, -0.1) is 0 Å². The molecule has 2 rings (SSSR count). The molecule has 0 amide bonds. The lowest BCUT2D eigenvalue weighted by Crippen LogP contribution is -2.68. The normalized spacial score (nSPS) is 47.1. The van der Waals surface area contributed by atoms with E-state index in [9.17, 15) is 15.3 Å². The zero-order valence-electron chi connectivity index (χ0n) is 15.1. The zero-order chi connectivity index (χ0) is 19.4. The Bertz CT molecular complexity index is 430. The van der Waals surface area contributed by atoms with Crippen LogP contribution < -0.4 is 11.5 Å². The van der Waals surface area contributed by atoms with Crippen molar-refractivity contribution in [3.05, 3.63) is 0 Å². The number of hydrogen-bond donors (Lipinski definition) is 5. The molecule has 0 radical (unpaired) electrons. The van der Waals surface area contributed by atoms with Gasteiger partial charge in [-0.1, -0.05) is 0 Å². The molecule has 0 aromatic rings. The van der Waals surface area contributed by atoms with Crippen LogP contribution >= 0.6 is 0 Å². The number of aliphatic hydroxyl groups excluding tert-OH is 3. The number of aliphatic hydroxyl groups is 3. The van der Waals surface area contributed by atoms with Crippen LogP contribution in [0.15, 0.2) is 0 Å². The van der Waals surface area contributed by atoms with E-state index in [4.69, 9.17) is 39.9 Å². The van der Waals surface area contributed by atoms with Gasteiger partial charge in [0.05, 0.1) is 25.3 Å². The molecule has 7 N–H and O–H groups in total. The van der Waals surface area contributed by atoms with Crippen molar-refractivity contribution < 1.29 is 43.7 Å². The summed E-state index contributed by atoms with van der Waals surface area (Å²) in [6.45, 7) is -0.780. The van der Waals surface area contributed by atoms with E-state index < -0.39 is 67.9 Å².